The molecular formula is C17H19NO3. The van der Waals surface area contributed by atoms with Crippen LogP contribution in [0.1, 0.15) is 12.5 Å². The zero-order valence-electron chi connectivity index (χ0n) is 12.4. The third-order valence-corrected chi connectivity index (χ3v) is 3.44. The molecule has 0 saturated heterocycles. The minimum absolute atomic E-state index is 0.361. The number of ether oxygens (including phenoxy) is 2. The molecule has 4 heteroatoms. The monoisotopic (exact) mass is 285 g/mol. The van der Waals surface area contributed by atoms with Crippen LogP contribution in [0, 0.1) is 0 Å². The van der Waals surface area contributed by atoms with Gasteiger partial charge in [0.1, 0.15) is 5.75 Å². The number of rotatable bonds is 5. The molecule has 0 aliphatic heterocycles. The number of carbonyl (C=O) groups excluding carboxylic acids is 1. The predicted molar refractivity (Wildman–Crippen MR) is 82.4 cm³/mol. The highest BCUT2D eigenvalue weighted by atomic mass is 16.5. The third kappa shape index (κ3) is 2.99. The number of nitrogens with one attached hydrogen (secondary N) is 1. The van der Waals surface area contributed by atoms with E-state index in [1.807, 2.05) is 54.6 Å². The first-order valence-corrected chi connectivity index (χ1v) is 6.67. The van der Waals surface area contributed by atoms with Gasteiger partial charge in [-0.05, 0) is 24.6 Å². The molecule has 0 aliphatic rings. The Labute approximate surface area is 124 Å². The molecular weight excluding hydrogens is 266 g/mol. The van der Waals surface area contributed by atoms with Crippen molar-refractivity contribution in [1.82, 2.24) is 0 Å². The summed E-state index contributed by atoms with van der Waals surface area (Å²) < 4.78 is 10.3. The van der Waals surface area contributed by atoms with Crippen molar-refractivity contribution in [2.45, 2.75) is 12.5 Å². The maximum absolute atomic E-state index is 12.3. The Bertz CT molecular complexity index is 612. The zero-order chi connectivity index (χ0) is 15.3. The molecule has 1 atom stereocenters. The second-order valence-electron chi connectivity index (χ2n) is 4.81. The average molecular weight is 285 g/mol. The van der Waals surface area contributed by atoms with Gasteiger partial charge in [0.2, 0.25) is 0 Å². The minimum Gasteiger partial charge on any atom is -0.495 e. The van der Waals surface area contributed by atoms with E-state index in [0.717, 1.165) is 11.3 Å². The SMILES string of the molecule is COC(=O)[C@](C)(Nc1ccccc1OC)c1ccccc1. The maximum atomic E-state index is 12.3. The fourth-order valence-corrected chi connectivity index (χ4v) is 2.23. The Morgan fingerprint density at radius 2 is 1.62 bits per heavy atom. The lowest BCUT2D eigenvalue weighted by Gasteiger charge is -2.30. The Kier molecular flexibility index (Phi) is 4.48. The van der Waals surface area contributed by atoms with Gasteiger partial charge >= 0.3 is 5.97 Å². The molecule has 4 nitrogen and oxygen atoms in total. The molecule has 2 aromatic rings. The summed E-state index contributed by atoms with van der Waals surface area (Å²) in [7, 11) is 2.98. The molecule has 0 aliphatic carbocycles. The van der Waals surface area contributed by atoms with Crippen LogP contribution in [0.3, 0.4) is 0 Å². The van der Waals surface area contributed by atoms with Gasteiger partial charge in [-0.1, -0.05) is 42.5 Å². The van der Waals surface area contributed by atoms with Crippen LogP contribution in [-0.2, 0) is 15.1 Å². The van der Waals surface area contributed by atoms with Crippen LogP contribution >= 0.6 is 0 Å². The lowest BCUT2D eigenvalue weighted by molar-refractivity contribution is -0.145. The molecule has 0 aromatic heterocycles. The number of hydrogen-bond acceptors (Lipinski definition) is 4. The largest absolute Gasteiger partial charge is 0.495 e. The zero-order valence-corrected chi connectivity index (χ0v) is 12.4. The Morgan fingerprint density at radius 3 is 2.24 bits per heavy atom. The molecule has 0 heterocycles. The van der Waals surface area contributed by atoms with Crippen molar-refractivity contribution in [3.8, 4) is 5.75 Å². The van der Waals surface area contributed by atoms with Gasteiger partial charge in [-0.2, -0.15) is 0 Å². The summed E-state index contributed by atoms with van der Waals surface area (Å²) in [4.78, 5) is 12.3. The standard InChI is InChI=1S/C17H19NO3/c1-17(16(19)21-3,13-9-5-4-6-10-13)18-14-11-7-8-12-15(14)20-2/h4-12,18H,1-3H3/t17-/m1/s1. The fourth-order valence-electron chi connectivity index (χ4n) is 2.23. The summed E-state index contributed by atoms with van der Waals surface area (Å²) in [6, 6.07) is 16.9. The van der Waals surface area contributed by atoms with Gasteiger partial charge in [0.15, 0.2) is 5.54 Å². The summed E-state index contributed by atoms with van der Waals surface area (Å²) in [5.41, 5.74) is 0.560. The molecule has 0 fully saturated rings. The Balaban J connectivity index is 2.45. The van der Waals surface area contributed by atoms with Crippen LogP contribution in [-0.4, -0.2) is 20.2 Å². The van der Waals surface area contributed by atoms with Crippen LogP contribution in [0.2, 0.25) is 0 Å². The topological polar surface area (TPSA) is 47.6 Å². The van der Waals surface area contributed by atoms with Crippen LogP contribution in [0.25, 0.3) is 0 Å². The molecule has 2 rings (SSSR count). The second kappa shape index (κ2) is 6.31. The van der Waals surface area contributed by atoms with Gasteiger partial charge in [-0.3, -0.25) is 0 Å². The maximum Gasteiger partial charge on any atom is 0.335 e. The number of carbonyl (C=O) groups is 1. The van der Waals surface area contributed by atoms with Crippen LogP contribution in [0.4, 0.5) is 5.69 Å². The van der Waals surface area contributed by atoms with E-state index < -0.39 is 5.54 Å². The molecule has 0 saturated carbocycles. The van der Waals surface area contributed by atoms with Gasteiger partial charge < -0.3 is 14.8 Å². The van der Waals surface area contributed by atoms with Gasteiger partial charge in [-0.25, -0.2) is 4.79 Å². The van der Waals surface area contributed by atoms with E-state index in [9.17, 15) is 4.79 Å². The quantitative estimate of drug-likeness (QED) is 0.857. The molecule has 0 bridgehead atoms. The van der Waals surface area contributed by atoms with Gasteiger partial charge in [0.05, 0.1) is 19.9 Å². The fraction of sp³-hybridized carbons (Fsp3) is 0.235. The predicted octanol–water partition coefficient (Wildman–Crippen LogP) is 3.20. The molecule has 1 N–H and O–H groups in total. The van der Waals surface area contributed by atoms with Crippen LogP contribution in [0.5, 0.6) is 5.75 Å². The van der Waals surface area contributed by atoms with E-state index in [1.165, 1.54) is 7.11 Å². The molecule has 0 amide bonds. The molecule has 0 unspecified atom stereocenters. The molecule has 0 radical (unpaired) electrons. The number of benzene rings is 2. The highest BCUT2D eigenvalue weighted by Gasteiger charge is 2.36. The van der Waals surface area contributed by atoms with E-state index in [2.05, 4.69) is 5.32 Å². The number of esters is 1. The van der Waals surface area contributed by atoms with Crippen molar-refractivity contribution >= 4 is 11.7 Å². The van der Waals surface area contributed by atoms with Crippen molar-refractivity contribution in [3.05, 3.63) is 60.2 Å². The average Bonchev–Trinajstić information content (AvgIpc) is 2.55. The van der Waals surface area contributed by atoms with E-state index in [-0.39, 0.29) is 5.97 Å². The van der Waals surface area contributed by atoms with Crippen molar-refractivity contribution in [1.29, 1.82) is 0 Å². The third-order valence-electron chi connectivity index (χ3n) is 3.44. The number of para-hydroxylation sites is 2. The van der Waals surface area contributed by atoms with E-state index in [1.54, 1.807) is 14.0 Å². The van der Waals surface area contributed by atoms with Crippen molar-refractivity contribution in [2.75, 3.05) is 19.5 Å². The van der Waals surface area contributed by atoms with Crippen molar-refractivity contribution in [2.24, 2.45) is 0 Å². The smallest absolute Gasteiger partial charge is 0.335 e. The van der Waals surface area contributed by atoms with E-state index in [0.29, 0.717) is 5.75 Å². The van der Waals surface area contributed by atoms with Crippen molar-refractivity contribution in [3.63, 3.8) is 0 Å². The number of hydrogen-bond donors (Lipinski definition) is 1. The normalized spacial score (nSPS) is 13.1. The highest BCUT2D eigenvalue weighted by molar-refractivity contribution is 5.86. The van der Waals surface area contributed by atoms with Crippen molar-refractivity contribution < 1.29 is 14.3 Å². The summed E-state index contributed by atoms with van der Waals surface area (Å²) in [5.74, 6) is 0.308. The first-order valence-electron chi connectivity index (χ1n) is 6.67. The minimum atomic E-state index is -0.995. The summed E-state index contributed by atoms with van der Waals surface area (Å²) in [6.45, 7) is 1.79. The van der Waals surface area contributed by atoms with E-state index in [4.69, 9.17) is 9.47 Å². The number of methoxy groups -OCH3 is 2. The van der Waals surface area contributed by atoms with E-state index >= 15 is 0 Å². The lowest BCUT2D eigenvalue weighted by Crippen LogP contribution is -2.41. The van der Waals surface area contributed by atoms with Gasteiger partial charge in [-0.15, -0.1) is 0 Å². The Hall–Kier alpha value is -2.49. The first-order chi connectivity index (χ1) is 10.1. The summed E-state index contributed by atoms with van der Waals surface area (Å²) in [5, 5.41) is 3.24. The van der Waals surface area contributed by atoms with Crippen LogP contribution < -0.4 is 10.1 Å². The lowest BCUT2D eigenvalue weighted by atomic mass is 9.91. The molecule has 2 aromatic carbocycles. The summed E-state index contributed by atoms with van der Waals surface area (Å²) in [6.07, 6.45) is 0. The molecule has 0 spiro atoms. The Morgan fingerprint density at radius 1 is 1.00 bits per heavy atom. The number of anilines is 1. The van der Waals surface area contributed by atoms with Gasteiger partial charge in [0, 0.05) is 0 Å². The van der Waals surface area contributed by atoms with Crippen LogP contribution in [0.15, 0.2) is 54.6 Å². The summed E-state index contributed by atoms with van der Waals surface area (Å²) >= 11 is 0. The highest BCUT2D eigenvalue weighted by Crippen LogP contribution is 2.32. The molecule has 21 heavy (non-hydrogen) atoms. The van der Waals surface area contributed by atoms with Gasteiger partial charge in [0.25, 0.3) is 0 Å². The second-order valence-corrected chi connectivity index (χ2v) is 4.81. The molecule has 110 valence electrons. The first kappa shape index (κ1) is 14.9.